The average Bonchev–Trinajstić information content (AvgIpc) is 3.15. The molecule has 4 N–H and O–H groups in total. The Hall–Kier alpha value is -0.920. The smallest absolute Gasteiger partial charge is 0.160 e. The van der Waals surface area contributed by atoms with Crippen molar-refractivity contribution in [2.24, 2.45) is 0 Å². The molecule has 3 rings (SSSR count). The minimum Gasteiger partial charge on any atom is -0.369 e. The number of hydrogen-bond donors (Lipinski definition) is 4. The fourth-order valence-electron chi connectivity index (χ4n) is 2.49. The quantitative estimate of drug-likeness (QED) is 0.415. The zero-order valence-electron chi connectivity index (χ0n) is 13.7. The van der Waals surface area contributed by atoms with Crippen molar-refractivity contribution in [3.8, 4) is 0 Å². The maximum Gasteiger partial charge on any atom is 0.160 e. The van der Waals surface area contributed by atoms with Gasteiger partial charge in [-0.3, -0.25) is 0 Å². The van der Waals surface area contributed by atoms with Crippen molar-refractivity contribution in [2.75, 3.05) is 23.1 Å². The van der Waals surface area contributed by atoms with Crippen LogP contribution in [-0.4, -0.2) is 22.9 Å². The molecule has 2 aromatic rings. The lowest BCUT2D eigenvalue weighted by molar-refractivity contribution is 0.212. The van der Waals surface area contributed by atoms with E-state index in [0.29, 0.717) is 0 Å². The van der Waals surface area contributed by atoms with Crippen molar-refractivity contribution >= 4 is 45.4 Å². The van der Waals surface area contributed by atoms with Gasteiger partial charge in [0.1, 0.15) is 5.00 Å². The minimum atomic E-state index is -0.693. The van der Waals surface area contributed by atoms with Crippen LogP contribution in [0.2, 0.25) is 0 Å². The standard InChI is InChI=1S/C17H22ClN3OS2/c1-10(18)8-19-11(2)12-3-5-13(6-4-12)21-16(22)14-7-15-17(24-14)20-9-23-15/h3-7,10-11,16,19-22H,8-9H2,1-2H3. The first-order chi connectivity index (χ1) is 11.5. The number of rotatable bonds is 7. The maximum atomic E-state index is 10.4. The van der Waals surface area contributed by atoms with E-state index >= 15 is 0 Å². The number of thioether (sulfide) groups is 1. The Bertz CT molecular complexity index is 653. The molecule has 0 aliphatic carbocycles. The van der Waals surface area contributed by atoms with Crippen LogP contribution in [-0.2, 0) is 0 Å². The minimum absolute atomic E-state index is 0.114. The lowest BCUT2D eigenvalue weighted by atomic mass is 10.1. The number of benzene rings is 1. The fraction of sp³-hybridized carbons (Fsp3) is 0.412. The van der Waals surface area contributed by atoms with Gasteiger partial charge in [-0.1, -0.05) is 12.1 Å². The number of thiophene rings is 1. The van der Waals surface area contributed by atoms with E-state index in [9.17, 15) is 5.11 Å². The summed E-state index contributed by atoms with van der Waals surface area (Å²) in [5.41, 5.74) is 2.10. The lowest BCUT2D eigenvalue weighted by Gasteiger charge is -2.17. The van der Waals surface area contributed by atoms with Crippen LogP contribution < -0.4 is 16.0 Å². The summed E-state index contributed by atoms with van der Waals surface area (Å²) >= 11 is 9.34. The van der Waals surface area contributed by atoms with Crippen molar-refractivity contribution in [1.82, 2.24) is 5.32 Å². The van der Waals surface area contributed by atoms with Gasteiger partial charge in [0.2, 0.25) is 0 Å². The summed E-state index contributed by atoms with van der Waals surface area (Å²) < 4.78 is 0. The zero-order chi connectivity index (χ0) is 17.1. The van der Waals surface area contributed by atoms with Gasteiger partial charge < -0.3 is 21.1 Å². The Morgan fingerprint density at radius 1 is 1.29 bits per heavy atom. The van der Waals surface area contributed by atoms with E-state index in [2.05, 4.69) is 41.1 Å². The molecule has 1 aliphatic heterocycles. The maximum absolute atomic E-state index is 10.4. The van der Waals surface area contributed by atoms with Crippen molar-refractivity contribution < 1.29 is 5.11 Å². The van der Waals surface area contributed by atoms with E-state index in [4.69, 9.17) is 11.6 Å². The fourth-order valence-corrected chi connectivity index (χ4v) is 4.72. The van der Waals surface area contributed by atoms with Crippen LogP contribution in [0.5, 0.6) is 0 Å². The first-order valence-corrected chi connectivity index (χ1v) is 10.2. The van der Waals surface area contributed by atoms with Crippen LogP contribution in [0.15, 0.2) is 35.2 Å². The van der Waals surface area contributed by atoms with Crippen molar-refractivity contribution in [1.29, 1.82) is 0 Å². The first-order valence-electron chi connectivity index (χ1n) is 7.95. The molecule has 0 bridgehead atoms. The third kappa shape index (κ3) is 4.37. The summed E-state index contributed by atoms with van der Waals surface area (Å²) in [6, 6.07) is 10.4. The highest BCUT2D eigenvalue weighted by molar-refractivity contribution is 8.00. The summed E-state index contributed by atoms with van der Waals surface area (Å²) in [4.78, 5) is 2.15. The molecule has 0 saturated heterocycles. The molecular formula is C17H22ClN3OS2. The first kappa shape index (κ1) is 17.9. The predicted molar refractivity (Wildman–Crippen MR) is 105 cm³/mol. The third-order valence-corrected chi connectivity index (χ3v) is 6.22. The van der Waals surface area contributed by atoms with E-state index in [1.807, 2.05) is 19.1 Å². The van der Waals surface area contributed by atoms with Gasteiger partial charge in [0, 0.05) is 28.5 Å². The topological polar surface area (TPSA) is 56.3 Å². The average molecular weight is 384 g/mol. The molecule has 130 valence electrons. The van der Waals surface area contributed by atoms with Gasteiger partial charge >= 0.3 is 0 Å². The molecule has 0 radical (unpaired) electrons. The van der Waals surface area contributed by atoms with Crippen molar-refractivity contribution in [2.45, 2.75) is 36.4 Å². The summed E-state index contributed by atoms with van der Waals surface area (Å²) in [5, 5.41) is 21.5. The Morgan fingerprint density at radius 2 is 2.04 bits per heavy atom. The van der Waals surface area contributed by atoms with Gasteiger partial charge in [-0.25, -0.2) is 0 Å². The van der Waals surface area contributed by atoms with Crippen LogP contribution in [0.25, 0.3) is 0 Å². The molecule has 4 nitrogen and oxygen atoms in total. The molecule has 3 atom stereocenters. The number of anilines is 2. The highest BCUT2D eigenvalue weighted by atomic mass is 35.5. The molecule has 1 aliphatic rings. The Labute approximate surface area is 156 Å². The molecule has 3 unspecified atom stereocenters. The van der Waals surface area contributed by atoms with Crippen molar-refractivity contribution in [3.05, 3.63) is 40.8 Å². The monoisotopic (exact) mass is 383 g/mol. The third-order valence-electron chi connectivity index (χ3n) is 3.87. The molecule has 0 saturated carbocycles. The number of halogens is 1. The Morgan fingerprint density at radius 3 is 2.71 bits per heavy atom. The second kappa shape index (κ2) is 7.97. The normalized spacial score (nSPS) is 17.0. The van der Waals surface area contributed by atoms with Gasteiger partial charge in [0.15, 0.2) is 6.23 Å². The molecule has 2 heterocycles. The highest BCUT2D eigenvalue weighted by Gasteiger charge is 2.19. The highest BCUT2D eigenvalue weighted by Crippen LogP contribution is 2.42. The lowest BCUT2D eigenvalue weighted by Crippen LogP contribution is -2.24. The summed E-state index contributed by atoms with van der Waals surface area (Å²) in [7, 11) is 0. The number of aliphatic hydroxyl groups is 1. The summed E-state index contributed by atoms with van der Waals surface area (Å²) in [6.07, 6.45) is -0.693. The predicted octanol–water partition coefficient (Wildman–Crippen LogP) is 4.60. The molecular weight excluding hydrogens is 362 g/mol. The number of hydrogen-bond acceptors (Lipinski definition) is 6. The van der Waals surface area contributed by atoms with E-state index in [0.717, 1.165) is 28.0 Å². The van der Waals surface area contributed by atoms with Crippen molar-refractivity contribution in [3.63, 3.8) is 0 Å². The van der Waals surface area contributed by atoms with Gasteiger partial charge in [-0.05, 0) is 37.6 Å². The Balaban J connectivity index is 1.59. The van der Waals surface area contributed by atoms with Crippen LogP contribution >= 0.6 is 34.7 Å². The zero-order valence-corrected chi connectivity index (χ0v) is 16.1. The van der Waals surface area contributed by atoms with E-state index in [1.165, 1.54) is 10.5 Å². The Kier molecular flexibility index (Phi) is 5.94. The van der Waals surface area contributed by atoms with Crippen LogP contribution in [0.1, 0.15) is 36.6 Å². The van der Waals surface area contributed by atoms with Gasteiger partial charge in [-0.2, -0.15) is 0 Å². The number of alkyl halides is 1. The summed E-state index contributed by atoms with van der Waals surface area (Å²) in [6.45, 7) is 4.87. The van der Waals surface area contributed by atoms with Crippen LogP contribution in [0.3, 0.4) is 0 Å². The molecule has 1 aromatic carbocycles. The number of aliphatic hydroxyl groups excluding tert-OH is 1. The van der Waals surface area contributed by atoms with Gasteiger partial charge in [-0.15, -0.1) is 34.7 Å². The number of fused-ring (bicyclic) bond motifs is 1. The molecule has 0 amide bonds. The second-order valence-corrected chi connectivity index (χ2v) is 8.73. The van der Waals surface area contributed by atoms with Gasteiger partial charge in [0.05, 0.1) is 10.8 Å². The molecule has 1 aromatic heterocycles. The van der Waals surface area contributed by atoms with Crippen LogP contribution in [0, 0.1) is 0 Å². The van der Waals surface area contributed by atoms with Gasteiger partial charge in [0.25, 0.3) is 0 Å². The molecule has 24 heavy (non-hydrogen) atoms. The SMILES string of the molecule is CC(Cl)CNC(C)c1ccc(NC(O)c2cc3c(s2)NCS3)cc1. The summed E-state index contributed by atoms with van der Waals surface area (Å²) in [5.74, 6) is 0.918. The van der Waals surface area contributed by atoms with Crippen LogP contribution in [0.4, 0.5) is 10.7 Å². The van der Waals surface area contributed by atoms with E-state index < -0.39 is 6.23 Å². The van der Waals surface area contributed by atoms with E-state index in [1.54, 1.807) is 23.1 Å². The molecule has 0 fully saturated rings. The van der Waals surface area contributed by atoms with E-state index in [-0.39, 0.29) is 11.4 Å². The molecule has 0 spiro atoms. The second-order valence-electron chi connectivity index (χ2n) is 5.89. The number of nitrogens with one attached hydrogen (secondary N) is 3. The molecule has 7 heteroatoms. The largest absolute Gasteiger partial charge is 0.369 e.